The molecule has 1 aromatic carbocycles. The number of carbonyl (C=O) groups excluding carboxylic acids is 1. The lowest BCUT2D eigenvalue weighted by Crippen LogP contribution is -2.40. The van der Waals surface area contributed by atoms with Crippen LogP contribution in [-0.2, 0) is 4.79 Å². The van der Waals surface area contributed by atoms with Crippen LogP contribution in [0.4, 0.5) is 11.4 Å². The molecule has 21 heavy (non-hydrogen) atoms. The first kappa shape index (κ1) is 15.1. The first-order valence-electron chi connectivity index (χ1n) is 7.19. The molecular formula is C16H22N4O. The zero-order valence-electron chi connectivity index (χ0n) is 12.8. The highest BCUT2D eigenvalue weighted by molar-refractivity contribution is 6.01. The van der Waals surface area contributed by atoms with E-state index in [1.807, 2.05) is 43.9 Å². The summed E-state index contributed by atoms with van der Waals surface area (Å²) < 4.78 is 0. The quantitative estimate of drug-likeness (QED) is 0.826. The fraction of sp³-hybridized carbons (Fsp3) is 0.375. The maximum Gasteiger partial charge on any atom is 0.239 e. The summed E-state index contributed by atoms with van der Waals surface area (Å²) in [5.74, 6) is 0.0193. The van der Waals surface area contributed by atoms with Gasteiger partial charge in [0.1, 0.15) is 0 Å². The lowest BCUT2D eigenvalue weighted by atomic mass is 10.1. The molecule has 1 amide bonds. The third-order valence-electron chi connectivity index (χ3n) is 3.34. The molecule has 3 N–H and O–H groups in total. The Kier molecular flexibility index (Phi) is 4.62. The molecule has 0 aliphatic heterocycles. The minimum Gasteiger partial charge on any atom is -0.398 e. The van der Waals surface area contributed by atoms with E-state index in [1.54, 1.807) is 12.4 Å². The number of hydrogen-bond donors (Lipinski definition) is 2. The van der Waals surface area contributed by atoms with E-state index >= 15 is 0 Å². The number of pyridine rings is 1. The number of benzene rings is 1. The number of amides is 1. The number of anilines is 2. The molecule has 0 atom stereocenters. The largest absolute Gasteiger partial charge is 0.398 e. The van der Waals surface area contributed by atoms with Crippen LogP contribution in [0.5, 0.6) is 0 Å². The fourth-order valence-electron chi connectivity index (χ4n) is 2.38. The van der Waals surface area contributed by atoms with Gasteiger partial charge >= 0.3 is 0 Å². The summed E-state index contributed by atoms with van der Waals surface area (Å²) in [6.45, 7) is 7.02. The van der Waals surface area contributed by atoms with Crippen molar-refractivity contribution in [3.05, 3.63) is 30.6 Å². The molecule has 0 bridgehead atoms. The minimum atomic E-state index is 0.0193. The number of aromatic nitrogens is 1. The van der Waals surface area contributed by atoms with E-state index in [4.69, 9.17) is 5.73 Å². The molecule has 0 aliphatic carbocycles. The van der Waals surface area contributed by atoms with Crippen molar-refractivity contribution < 1.29 is 4.79 Å². The summed E-state index contributed by atoms with van der Waals surface area (Å²) in [6.07, 6.45) is 3.50. The van der Waals surface area contributed by atoms with Crippen LogP contribution in [0.15, 0.2) is 30.6 Å². The van der Waals surface area contributed by atoms with Crippen molar-refractivity contribution in [1.29, 1.82) is 0 Å². The van der Waals surface area contributed by atoms with Crippen molar-refractivity contribution in [1.82, 2.24) is 10.3 Å². The molecule has 0 aliphatic rings. The first-order valence-corrected chi connectivity index (χ1v) is 7.19. The summed E-state index contributed by atoms with van der Waals surface area (Å²) in [6, 6.07) is 5.90. The van der Waals surface area contributed by atoms with E-state index in [9.17, 15) is 4.79 Å². The van der Waals surface area contributed by atoms with Gasteiger partial charge in [0.15, 0.2) is 0 Å². The predicted molar refractivity (Wildman–Crippen MR) is 87.3 cm³/mol. The number of rotatable bonds is 5. The first-order chi connectivity index (χ1) is 10.0. The normalized spacial score (nSPS) is 10.9. The summed E-state index contributed by atoms with van der Waals surface area (Å²) in [7, 11) is 0. The van der Waals surface area contributed by atoms with E-state index in [-0.39, 0.29) is 11.9 Å². The molecule has 0 unspecified atom stereocenters. The van der Waals surface area contributed by atoms with Crippen LogP contribution >= 0.6 is 0 Å². The molecule has 2 rings (SSSR count). The van der Waals surface area contributed by atoms with Gasteiger partial charge in [-0.25, -0.2) is 0 Å². The second-order valence-electron chi connectivity index (χ2n) is 5.33. The highest BCUT2D eigenvalue weighted by atomic mass is 16.2. The maximum atomic E-state index is 12.0. The fourth-order valence-corrected chi connectivity index (χ4v) is 2.38. The molecule has 1 heterocycles. The Morgan fingerprint density at radius 1 is 1.33 bits per heavy atom. The Hall–Kier alpha value is -2.30. The van der Waals surface area contributed by atoms with Crippen LogP contribution in [-0.4, -0.2) is 30.0 Å². The topological polar surface area (TPSA) is 71.2 Å². The van der Waals surface area contributed by atoms with E-state index in [0.29, 0.717) is 12.2 Å². The summed E-state index contributed by atoms with van der Waals surface area (Å²) in [5.41, 5.74) is 7.70. The lowest BCUT2D eigenvalue weighted by Gasteiger charge is -2.25. The molecule has 5 heteroatoms. The number of likely N-dealkylation sites (N-methyl/N-ethyl adjacent to an activating group) is 1. The van der Waals surface area contributed by atoms with Gasteiger partial charge in [-0.3, -0.25) is 9.78 Å². The Morgan fingerprint density at radius 2 is 2.10 bits per heavy atom. The van der Waals surface area contributed by atoms with Gasteiger partial charge < -0.3 is 16.0 Å². The minimum absolute atomic E-state index is 0.0193. The van der Waals surface area contributed by atoms with Crippen LogP contribution in [0, 0.1) is 0 Å². The Labute approximate surface area is 125 Å². The van der Waals surface area contributed by atoms with Gasteiger partial charge in [-0.1, -0.05) is 0 Å². The van der Waals surface area contributed by atoms with Gasteiger partial charge in [0.25, 0.3) is 0 Å². The lowest BCUT2D eigenvalue weighted by molar-refractivity contribution is -0.120. The molecule has 0 spiro atoms. The molecule has 1 aromatic heterocycles. The van der Waals surface area contributed by atoms with Crippen molar-refractivity contribution in [2.24, 2.45) is 0 Å². The summed E-state index contributed by atoms with van der Waals surface area (Å²) in [4.78, 5) is 18.2. The van der Waals surface area contributed by atoms with Gasteiger partial charge in [0.2, 0.25) is 5.91 Å². The van der Waals surface area contributed by atoms with E-state index in [1.165, 1.54) is 0 Å². The van der Waals surface area contributed by atoms with E-state index < -0.39 is 0 Å². The molecule has 2 aromatic rings. The zero-order chi connectivity index (χ0) is 15.4. The molecule has 112 valence electrons. The highest BCUT2D eigenvalue weighted by Gasteiger charge is 2.14. The van der Waals surface area contributed by atoms with Crippen LogP contribution < -0.4 is 16.0 Å². The summed E-state index contributed by atoms with van der Waals surface area (Å²) in [5, 5.41) is 4.85. The number of nitrogen functional groups attached to an aromatic ring is 1. The Balaban J connectivity index is 2.34. The van der Waals surface area contributed by atoms with Crippen molar-refractivity contribution in [3.63, 3.8) is 0 Å². The highest BCUT2D eigenvalue weighted by Crippen LogP contribution is 2.30. The number of hydrogen-bond acceptors (Lipinski definition) is 4. The molecule has 0 saturated heterocycles. The maximum absolute atomic E-state index is 12.0. The molecule has 0 radical (unpaired) electrons. The van der Waals surface area contributed by atoms with Gasteiger partial charge in [-0.2, -0.15) is 0 Å². The average Bonchev–Trinajstić information content (AvgIpc) is 2.45. The third-order valence-corrected chi connectivity index (χ3v) is 3.34. The number of nitrogens with two attached hydrogens (primary N) is 1. The molecule has 0 saturated carbocycles. The van der Waals surface area contributed by atoms with Gasteiger partial charge in [0, 0.05) is 47.1 Å². The summed E-state index contributed by atoms with van der Waals surface area (Å²) >= 11 is 0. The van der Waals surface area contributed by atoms with Crippen molar-refractivity contribution in [2.45, 2.75) is 26.8 Å². The monoisotopic (exact) mass is 286 g/mol. The SMILES string of the molecule is CCN(CC(=O)NC(C)C)c1ccc(N)c2cnccc12. The van der Waals surface area contributed by atoms with Crippen molar-refractivity contribution in [2.75, 3.05) is 23.7 Å². The Morgan fingerprint density at radius 3 is 2.76 bits per heavy atom. The number of carbonyl (C=O) groups is 1. The average molecular weight is 286 g/mol. The Bertz CT molecular complexity index is 639. The van der Waals surface area contributed by atoms with Crippen molar-refractivity contribution in [3.8, 4) is 0 Å². The van der Waals surface area contributed by atoms with Gasteiger partial charge in [-0.05, 0) is 39.0 Å². The second-order valence-corrected chi connectivity index (χ2v) is 5.33. The number of nitrogens with one attached hydrogen (secondary N) is 1. The smallest absolute Gasteiger partial charge is 0.239 e. The number of nitrogens with zero attached hydrogens (tertiary/aromatic N) is 2. The molecular weight excluding hydrogens is 264 g/mol. The van der Waals surface area contributed by atoms with Gasteiger partial charge in [-0.15, -0.1) is 0 Å². The predicted octanol–water partition coefficient (Wildman–Crippen LogP) is 2.17. The van der Waals surface area contributed by atoms with Gasteiger partial charge in [0.05, 0.1) is 6.54 Å². The zero-order valence-corrected chi connectivity index (χ0v) is 12.8. The van der Waals surface area contributed by atoms with Crippen LogP contribution in [0.25, 0.3) is 10.8 Å². The molecule has 5 nitrogen and oxygen atoms in total. The third kappa shape index (κ3) is 3.42. The second kappa shape index (κ2) is 6.43. The molecule has 0 fully saturated rings. The van der Waals surface area contributed by atoms with E-state index in [2.05, 4.69) is 10.3 Å². The standard InChI is InChI=1S/C16H22N4O/c1-4-20(10-16(21)19-11(2)3)15-6-5-14(17)13-9-18-8-7-12(13)15/h5-9,11H,4,10,17H2,1-3H3,(H,19,21). The van der Waals surface area contributed by atoms with E-state index in [0.717, 1.165) is 23.0 Å². The van der Waals surface area contributed by atoms with Crippen LogP contribution in [0.1, 0.15) is 20.8 Å². The van der Waals surface area contributed by atoms with Crippen LogP contribution in [0.3, 0.4) is 0 Å². The number of fused-ring (bicyclic) bond motifs is 1. The van der Waals surface area contributed by atoms with Crippen molar-refractivity contribution >= 4 is 28.1 Å². The van der Waals surface area contributed by atoms with Crippen LogP contribution in [0.2, 0.25) is 0 Å².